The van der Waals surface area contributed by atoms with E-state index in [1.165, 1.54) is 4.88 Å². The van der Waals surface area contributed by atoms with Gasteiger partial charge in [0.1, 0.15) is 12.2 Å². The molecular formula is C10H12Br2N4S. The monoisotopic (exact) mass is 378 g/mol. The Hall–Kier alpha value is -0.240. The van der Waals surface area contributed by atoms with Crippen molar-refractivity contribution in [1.82, 2.24) is 20.1 Å². The zero-order chi connectivity index (χ0) is 12.3. The zero-order valence-corrected chi connectivity index (χ0v) is 13.3. The van der Waals surface area contributed by atoms with E-state index in [1.54, 1.807) is 17.7 Å². The number of nitrogens with zero attached hydrogens (tertiary/aromatic N) is 3. The summed E-state index contributed by atoms with van der Waals surface area (Å²) in [5.41, 5.74) is 0. The minimum atomic E-state index is 0.737. The number of aryl methyl sites for hydroxylation is 1. The highest BCUT2D eigenvalue weighted by atomic mass is 79.9. The molecule has 0 aliphatic rings. The van der Waals surface area contributed by atoms with E-state index in [1.807, 2.05) is 4.57 Å². The second-order valence-electron chi connectivity index (χ2n) is 3.47. The van der Waals surface area contributed by atoms with Crippen LogP contribution in [0.5, 0.6) is 0 Å². The van der Waals surface area contributed by atoms with Crippen molar-refractivity contribution in [2.75, 3.05) is 0 Å². The van der Waals surface area contributed by atoms with Crippen molar-refractivity contribution in [2.24, 2.45) is 0 Å². The molecule has 0 bridgehead atoms. The third-order valence-electron chi connectivity index (χ3n) is 2.31. The Balaban J connectivity index is 1.87. The Morgan fingerprint density at radius 1 is 1.41 bits per heavy atom. The van der Waals surface area contributed by atoms with Gasteiger partial charge in [-0.05, 0) is 44.8 Å². The first-order valence-corrected chi connectivity index (χ1v) is 7.62. The molecule has 0 amide bonds. The maximum absolute atomic E-state index is 4.08. The van der Waals surface area contributed by atoms with Gasteiger partial charge in [-0.15, -0.1) is 21.5 Å². The minimum absolute atomic E-state index is 0.737. The third-order valence-corrected chi connectivity index (χ3v) is 5.57. The Morgan fingerprint density at radius 2 is 2.24 bits per heavy atom. The summed E-state index contributed by atoms with van der Waals surface area (Å²) in [5.74, 6) is 0.974. The van der Waals surface area contributed by atoms with E-state index in [0.717, 1.165) is 33.7 Å². The molecule has 92 valence electrons. The van der Waals surface area contributed by atoms with Gasteiger partial charge in [0, 0.05) is 22.4 Å². The van der Waals surface area contributed by atoms with E-state index >= 15 is 0 Å². The molecule has 1 N–H and O–H groups in total. The van der Waals surface area contributed by atoms with E-state index in [2.05, 4.69) is 60.4 Å². The van der Waals surface area contributed by atoms with Crippen LogP contribution in [0.1, 0.15) is 17.6 Å². The van der Waals surface area contributed by atoms with E-state index < -0.39 is 0 Å². The smallest absolute Gasteiger partial charge is 0.146 e. The Kier molecular flexibility index (Phi) is 4.72. The quantitative estimate of drug-likeness (QED) is 0.867. The van der Waals surface area contributed by atoms with Gasteiger partial charge in [0.05, 0.1) is 10.3 Å². The maximum Gasteiger partial charge on any atom is 0.146 e. The van der Waals surface area contributed by atoms with Crippen LogP contribution in [0.25, 0.3) is 0 Å². The third kappa shape index (κ3) is 3.37. The second-order valence-corrected chi connectivity index (χ2v) is 6.78. The van der Waals surface area contributed by atoms with Crippen LogP contribution in [-0.4, -0.2) is 14.8 Å². The van der Waals surface area contributed by atoms with Crippen LogP contribution in [0.4, 0.5) is 0 Å². The van der Waals surface area contributed by atoms with E-state index in [4.69, 9.17) is 0 Å². The van der Waals surface area contributed by atoms with Gasteiger partial charge in [0.2, 0.25) is 0 Å². The first-order valence-electron chi connectivity index (χ1n) is 5.21. The predicted molar refractivity (Wildman–Crippen MR) is 76.0 cm³/mol. The molecule has 0 radical (unpaired) electrons. The molecule has 17 heavy (non-hydrogen) atoms. The fourth-order valence-corrected chi connectivity index (χ4v) is 3.60. The molecule has 0 unspecified atom stereocenters. The van der Waals surface area contributed by atoms with Crippen LogP contribution in [0.3, 0.4) is 0 Å². The number of nitrogens with one attached hydrogen (secondary N) is 1. The Bertz CT molecular complexity index is 475. The van der Waals surface area contributed by atoms with Crippen molar-refractivity contribution in [3.05, 3.63) is 31.4 Å². The lowest BCUT2D eigenvalue weighted by molar-refractivity contribution is 0.615. The molecule has 0 spiro atoms. The van der Waals surface area contributed by atoms with Gasteiger partial charge in [-0.3, -0.25) is 0 Å². The van der Waals surface area contributed by atoms with Crippen LogP contribution in [0, 0.1) is 0 Å². The van der Waals surface area contributed by atoms with Crippen molar-refractivity contribution >= 4 is 43.2 Å². The van der Waals surface area contributed by atoms with Crippen molar-refractivity contribution in [2.45, 2.75) is 26.6 Å². The number of aromatic nitrogens is 3. The molecule has 2 rings (SSSR count). The predicted octanol–water partition coefficient (Wildman–Crippen LogP) is 3.17. The van der Waals surface area contributed by atoms with Crippen LogP contribution >= 0.6 is 43.2 Å². The zero-order valence-electron chi connectivity index (χ0n) is 9.28. The SMILES string of the molecule is CCn1cnnc1CNCc1cc(Br)c(Br)s1. The van der Waals surface area contributed by atoms with E-state index in [9.17, 15) is 0 Å². The van der Waals surface area contributed by atoms with Crippen molar-refractivity contribution in [3.63, 3.8) is 0 Å². The summed E-state index contributed by atoms with van der Waals surface area (Å²) in [7, 11) is 0. The summed E-state index contributed by atoms with van der Waals surface area (Å²) in [5, 5.41) is 11.3. The number of hydrogen-bond donors (Lipinski definition) is 1. The summed E-state index contributed by atoms with van der Waals surface area (Å²) >= 11 is 8.69. The van der Waals surface area contributed by atoms with E-state index in [0.29, 0.717) is 0 Å². The molecule has 0 fully saturated rings. The number of hydrogen-bond acceptors (Lipinski definition) is 4. The molecule has 0 saturated heterocycles. The lowest BCUT2D eigenvalue weighted by Gasteiger charge is -2.04. The molecule has 7 heteroatoms. The van der Waals surface area contributed by atoms with Crippen LogP contribution < -0.4 is 5.32 Å². The second kappa shape index (κ2) is 6.08. The van der Waals surface area contributed by atoms with Gasteiger partial charge >= 0.3 is 0 Å². The Labute approximate surface area is 121 Å². The average Bonchev–Trinajstić information content (AvgIpc) is 2.87. The van der Waals surface area contributed by atoms with Gasteiger partial charge in [0.15, 0.2) is 0 Å². The lowest BCUT2D eigenvalue weighted by Crippen LogP contribution is -2.15. The molecule has 0 aliphatic carbocycles. The summed E-state index contributed by atoms with van der Waals surface area (Å²) in [4.78, 5) is 1.28. The van der Waals surface area contributed by atoms with Gasteiger partial charge in [0.25, 0.3) is 0 Å². The number of halogens is 2. The van der Waals surface area contributed by atoms with Crippen LogP contribution in [0.15, 0.2) is 20.7 Å². The standard InChI is InChI=1S/C10H12Br2N4S/c1-2-16-6-14-15-9(16)5-13-4-7-3-8(11)10(12)17-7/h3,6,13H,2,4-5H2,1H3. The highest BCUT2D eigenvalue weighted by Gasteiger charge is 2.05. The summed E-state index contributed by atoms with van der Waals surface area (Å²) < 4.78 is 4.27. The molecule has 0 aromatic carbocycles. The van der Waals surface area contributed by atoms with Crippen LogP contribution in [-0.2, 0) is 19.6 Å². The lowest BCUT2D eigenvalue weighted by atomic mass is 10.4. The van der Waals surface area contributed by atoms with Gasteiger partial charge in [-0.2, -0.15) is 0 Å². The van der Waals surface area contributed by atoms with Crippen molar-refractivity contribution in [1.29, 1.82) is 0 Å². The maximum atomic E-state index is 4.08. The highest BCUT2D eigenvalue weighted by molar-refractivity contribution is 9.13. The normalized spacial score (nSPS) is 11.0. The van der Waals surface area contributed by atoms with E-state index in [-0.39, 0.29) is 0 Å². The Morgan fingerprint density at radius 3 is 2.88 bits per heavy atom. The van der Waals surface area contributed by atoms with Gasteiger partial charge < -0.3 is 9.88 Å². The topological polar surface area (TPSA) is 42.7 Å². The van der Waals surface area contributed by atoms with Crippen LogP contribution in [0.2, 0.25) is 0 Å². The molecule has 2 aromatic heterocycles. The first kappa shape index (κ1) is 13.2. The number of thiophene rings is 1. The fraction of sp³-hybridized carbons (Fsp3) is 0.400. The minimum Gasteiger partial charge on any atom is -0.317 e. The van der Waals surface area contributed by atoms with Crippen molar-refractivity contribution in [3.8, 4) is 0 Å². The summed E-state index contributed by atoms with van der Waals surface area (Å²) in [6.07, 6.45) is 1.76. The summed E-state index contributed by atoms with van der Waals surface area (Å²) in [6.45, 7) is 4.56. The molecule has 4 nitrogen and oxygen atoms in total. The van der Waals surface area contributed by atoms with Gasteiger partial charge in [-0.25, -0.2) is 0 Å². The number of rotatable bonds is 5. The average molecular weight is 380 g/mol. The van der Waals surface area contributed by atoms with Crippen molar-refractivity contribution < 1.29 is 0 Å². The van der Waals surface area contributed by atoms with Gasteiger partial charge in [-0.1, -0.05) is 0 Å². The largest absolute Gasteiger partial charge is 0.317 e. The molecule has 0 saturated carbocycles. The molecule has 2 aromatic rings. The molecule has 0 atom stereocenters. The summed E-state index contributed by atoms with van der Waals surface area (Å²) in [6, 6.07) is 2.12. The molecular weight excluding hydrogens is 368 g/mol. The highest BCUT2D eigenvalue weighted by Crippen LogP contribution is 2.32. The molecule has 2 heterocycles. The fourth-order valence-electron chi connectivity index (χ4n) is 1.46. The first-order chi connectivity index (χ1) is 8.20. The molecule has 0 aliphatic heterocycles.